The van der Waals surface area contributed by atoms with Gasteiger partial charge in [-0.15, -0.1) is 11.8 Å². The van der Waals surface area contributed by atoms with E-state index in [-0.39, 0.29) is 17.9 Å². The summed E-state index contributed by atoms with van der Waals surface area (Å²) < 4.78 is 5.93. The molecule has 1 amide bonds. The van der Waals surface area contributed by atoms with Crippen LogP contribution in [0.2, 0.25) is 0 Å². The molecule has 5 N–H and O–H groups in total. The fourth-order valence-electron chi connectivity index (χ4n) is 5.56. The van der Waals surface area contributed by atoms with Gasteiger partial charge in [0.1, 0.15) is 29.9 Å². The van der Waals surface area contributed by atoms with Gasteiger partial charge in [-0.1, -0.05) is 46.0 Å². The van der Waals surface area contributed by atoms with Gasteiger partial charge in [-0.3, -0.25) is 4.79 Å². The van der Waals surface area contributed by atoms with Crippen LogP contribution >= 0.6 is 11.8 Å². The SMILES string of the molecule is CS[C@H]1O[C@H]([C@H](NC(=O)[C@@H]2C[C@H](CC3CCCCC3)CCN2)C(C)C)[C@H](O)[C@H](O)[C@H]1O. The Labute approximate surface area is 191 Å². The number of ether oxygens (including phenoxy) is 1. The van der Waals surface area contributed by atoms with E-state index in [1.165, 1.54) is 50.3 Å². The van der Waals surface area contributed by atoms with Crippen LogP contribution in [0, 0.1) is 17.8 Å². The Bertz CT molecular complexity index is 572. The molecule has 3 fully saturated rings. The Kier molecular flexibility index (Phi) is 9.49. The van der Waals surface area contributed by atoms with Crippen LogP contribution < -0.4 is 10.6 Å². The second-order valence-electron chi connectivity index (χ2n) is 10.1. The molecule has 3 aliphatic rings. The Balaban J connectivity index is 1.60. The lowest BCUT2D eigenvalue weighted by Gasteiger charge is -2.44. The monoisotopic (exact) mass is 458 g/mol. The molecule has 31 heavy (non-hydrogen) atoms. The number of hydrogen-bond acceptors (Lipinski definition) is 7. The number of aliphatic hydroxyl groups excluding tert-OH is 3. The van der Waals surface area contributed by atoms with Gasteiger partial charge in [-0.05, 0) is 49.8 Å². The van der Waals surface area contributed by atoms with Gasteiger partial charge >= 0.3 is 0 Å². The normalized spacial score (nSPS) is 38.7. The lowest BCUT2D eigenvalue weighted by Crippen LogP contribution is -2.65. The van der Waals surface area contributed by atoms with Gasteiger partial charge in [-0.25, -0.2) is 0 Å². The van der Waals surface area contributed by atoms with Crippen LogP contribution in [0.4, 0.5) is 0 Å². The van der Waals surface area contributed by atoms with Gasteiger partial charge in [0.2, 0.25) is 5.91 Å². The Morgan fingerprint density at radius 3 is 2.42 bits per heavy atom. The summed E-state index contributed by atoms with van der Waals surface area (Å²) in [5.74, 6) is 1.32. The van der Waals surface area contributed by atoms with Crippen LogP contribution in [-0.4, -0.2) is 76.0 Å². The summed E-state index contributed by atoms with van der Waals surface area (Å²) in [7, 11) is 0. The standard InChI is InChI=1S/C23H42N2O5S/c1-13(2)17(21-19(27)18(26)20(28)23(30-21)31-3)25-22(29)16-12-15(9-10-24-16)11-14-7-5-4-6-8-14/h13-21,23-24,26-28H,4-12H2,1-3H3,(H,25,29)/t15-,16-,17+,18-,19+,20+,21+,23+/m0/s1. The van der Waals surface area contributed by atoms with E-state index in [1.807, 2.05) is 13.8 Å². The molecule has 1 saturated carbocycles. The number of thioether (sulfide) groups is 1. The van der Waals surface area contributed by atoms with Crippen LogP contribution in [0.1, 0.15) is 65.2 Å². The quantitative estimate of drug-likeness (QED) is 0.394. The summed E-state index contributed by atoms with van der Waals surface area (Å²) in [4.78, 5) is 13.2. The van der Waals surface area contributed by atoms with E-state index in [1.54, 1.807) is 6.26 Å². The second kappa shape index (κ2) is 11.7. The number of piperidine rings is 1. The highest BCUT2D eigenvalue weighted by molar-refractivity contribution is 7.99. The van der Waals surface area contributed by atoms with E-state index in [0.29, 0.717) is 5.92 Å². The van der Waals surface area contributed by atoms with Crippen LogP contribution in [0.25, 0.3) is 0 Å². The zero-order valence-electron chi connectivity index (χ0n) is 19.2. The summed E-state index contributed by atoms with van der Waals surface area (Å²) in [6.45, 7) is 4.78. The molecule has 0 unspecified atom stereocenters. The molecule has 0 spiro atoms. The fourth-order valence-corrected chi connectivity index (χ4v) is 6.24. The number of amides is 1. The zero-order valence-corrected chi connectivity index (χ0v) is 20.0. The van der Waals surface area contributed by atoms with E-state index in [0.717, 1.165) is 25.3 Å². The minimum absolute atomic E-state index is 0.00447. The smallest absolute Gasteiger partial charge is 0.237 e. The second-order valence-corrected chi connectivity index (χ2v) is 11.0. The average molecular weight is 459 g/mol. The molecule has 0 aromatic heterocycles. The van der Waals surface area contributed by atoms with Crippen molar-refractivity contribution in [2.24, 2.45) is 17.8 Å². The van der Waals surface area contributed by atoms with Gasteiger partial charge in [0.15, 0.2) is 0 Å². The maximum absolute atomic E-state index is 13.2. The van der Waals surface area contributed by atoms with Gasteiger partial charge in [0, 0.05) is 0 Å². The first-order valence-corrected chi connectivity index (χ1v) is 13.4. The molecule has 2 aliphatic heterocycles. The molecule has 2 saturated heterocycles. The molecule has 7 nitrogen and oxygen atoms in total. The van der Waals surface area contributed by atoms with E-state index in [2.05, 4.69) is 10.6 Å². The number of carbonyl (C=O) groups is 1. The van der Waals surface area contributed by atoms with Crippen LogP contribution in [-0.2, 0) is 9.53 Å². The topological polar surface area (TPSA) is 111 Å². The average Bonchev–Trinajstić information content (AvgIpc) is 2.77. The first-order valence-electron chi connectivity index (χ1n) is 12.1. The molecule has 0 bridgehead atoms. The maximum atomic E-state index is 13.2. The lowest BCUT2D eigenvalue weighted by molar-refractivity contribution is -0.208. The maximum Gasteiger partial charge on any atom is 0.237 e. The summed E-state index contributed by atoms with van der Waals surface area (Å²) in [6, 6.07) is -0.698. The van der Waals surface area contributed by atoms with Crippen molar-refractivity contribution in [3.05, 3.63) is 0 Å². The molecule has 0 aromatic rings. The van der Waals surface area contributed by atoms with Crippen molar-refractivity contribution >= 4 is 17.7 Å². The van der Waals surface area contributed by atoms with Crippen molar-refractivity contribution in [1.29, 1.82) is 0 Å². The summed E-state index contributed by atoms with van der Waals surface area (Å²) in [6.07, 6.45) is 7.19. The molecule has 8 atom stereocenters. The van der Waals surface area contributed by atoms with Crippen molar-refractivity contribution in [2.45, 2.75) is 107 Å². The molecule has 3 rings (SSSR count). The fraction of sp³-hybridized carbons (Fsp3) is 0.957. The van der Waals surface area contributed by atoms with Crippen LogP contribution in [0.5, 0.6) is 0 Å². The van der Waals surface area contributed by atoms with Crippen molar-refractivity contribution in [2.75, 3.05) is 12.8 Å². The Morgan fingerprint density at radius 2 is 1.77 bits per heavy atom. The molecular weight excluding hydrogens is 416 g/mol. The van der Waals surface area contributed by atoms with Crippen LogP contribution in [0.15, 0.2) is 0 Å². The molecule has 8 heteroatoms. The van der Waals surface area contributed by atoms with Crippen molar-refractivity contribution in [1.82, 2.24) is 10.6 Å². The Morgan fingerprint density at radius 1 is 1.06 bits per heavy atom. The van der Waals surface area contributed by atoms with Crippen LogP contribution in [0.3, 0.4) is 0 Å². The van der Waals surface area contributed by atoms with Gasteiger partial charge in [0.05, 0.1) is 12.1 Å². The highest BCUT2D eigenvalue weighted by atomic mass is 32.2. The third-order valence-electron chi connectivity index (χ3n) is 7.44. The number of nitrogens with one attached hydrogen (secondary N) is 2. The largest absolute Gasteiger partial charge is 0.388 e. The minimum Gasteiger partial charge on any atom is -0.388 e. The van der Waals surface area contributed by atoms with Crippen molar-refractivity contribution < 1.29 is 24.9 Å². The predicted octanol–water partition coefficient (Wildman–Crippen LogP) is 1.64. The zero-order chi connectivity index (χ0) is 22.5. The molecular formula is C23H42N2O5S. The van der Waals surface area contributed by atoms with E-state index in [9.17, 15) is 20.1 Å². The van der Waals surface area contributed by atoms with Gasteiger partial charge in [0.25, 0.3) is 0 Å². The third-order valence-corrected chi connectivity index (χ3v) is 8.29. The predicted molar refractivity (Wildman–Crippen MR) is 123 cm³/mol. The van der Waals surface area contributed by atoms with E-state index in [4.69, 9.17) is 4.74 Å². The van der Waals surface area contributed by atoms with E-state index < -0.39 is 35.9 Å². The molecule has 180 valence electrons. The molecule has 1 aliphatic carbocycles. The molecule has 0 aromatic carbocycles. The number of carbonyl (C=O) groups excluding carboxylic acids is 1. The minimum atomic E-state index is -1.30. The highest BCUT2D eigenvalue weighted by Crippen LogP contribution is 2.33. The molecule has 0 radical (unpaired) electrons. The third kappa shape index (κ3) is 6.36. The Hall–Kier alpha value is -0.380. The van der Waals surface area contributed by atoms with Gasteiger partial charge < -0.3 is 30.7 Å². The number of aliphatic hydroxyl groups is 3. The summed E-state index contributed by atoms with van der Waals surface area (Å²) >= 11 is 1.29. The van der Waals surface area contributed by atoms with Crippen molar-refractivity contribution in [3.8, 4) is 0 Å². The molecule has 2 heterocycles. The number of rotatable bonds is 7. The first kappa shape index (κ1) is 25.2. The summed E-state index contributed by atoms with van der Waals surface area (Å²) in [5, 5.41) is 37.5. The van der Waals surface area contributed by atoms with E-state index >= 15 is 0 Å². The lowest BCUT2D eigenvalue weighted by atomic mass is 9.78. The number of hydrogen-bond donors (Lipinski definition) is 5. The summed E-state index contributed by atoms with van der Waals surface area (Å²) in [5.41, 5.74) is -0.644. The van der Waals surface area contributed by atoms with Crippen molar-refractivity contribution in [3.63, 3.8) is 0 Å². The highest BCUT2D eigenvalue weighted by Gasteiger charge is 2.47. The van der Waals surface area contributed by atoms with Gasteiger partial charge in [-0.2, -0.15) is 0 Å². The first-order chi connectivity index (χ1) is 14.8.